The SMILES string of the molecule is CC(c1c[nH]c(=S)[nH]1)C1CCC=C(CO)C1. The summed E-state index contributed by atoms with van der Waals surface area (Å²) in [7, 11) is 0. The fraction of sp³-hybridized carbons (Fsp3) is 0.583. The Morgan fingerprint density at radius 1 is 1.62 bits per heavy atom. The topological polar surface area (TPSA) is 51.8 Å². The zero-order chi connectivity index (χ0) is 11.5. The third-order valence-corrected chi connectivity index (χ3v) is 3.73. The molecule has 4 heteroatoms. The summed E-state index contributed by atoms with van der Waals surface area (Å²) in [6.45, 7) is 2.42. The highest BCUT2D eigenvalue weighted by Crippen LogP contribution is 2.34. The summed E-state index contributed by atoms with van der Waals surface area (Å²) in [5.74, 6) is 1.07. The normalized spacial score (nSPS) is 22.9. The van der Waals surface area contributed by atoms with Crippen LogP contribution in [-0.2, 0) is 0 Å². The van der Waals surface area contributed by atoms with Crippen molar-refractivity contribution in [2.45, 2.75) is 32.1 Å². The molecular weight excluding hydrogens is 220 g/mol. The lowest BCUT2D eigenvalue weighted by atomic mass is 9.79. The Labute approximate surface area is 101 Å². The minimum absolute atomic E-state index is 0.201. The Balaban J connectivity index is 2.08. The highest BCUT2D eigenvalue weighted by molar-refractivity contribution is 7.71. The third-order valence-electron chi connectivity index (χ3n) is 3.51. The van der Waals surface area contributed by atoms with Crippen LogP contribution in [0.5, 0.6) is 0 Å². The lowest BCUT2D eigenvalue weighted by Gasteiger charge is -2.26. The summed E-state index contributed by atoms with van der Waals surface area (Å²) in [6, 6.07) is 0. The van der Waals surface area contributed by atoms with Crippen LogP contribution in [0.1, 0.15) is 37.8 Å². The Hall–Kier alpha value is -0.870. The maximum Gasteiger partial charge on any atom is 0.174 e. The van der Waals surface area contributed by atoms with E-state index in [4.69, 9.17) is 17.3 Å². The first kappa shape index (κ1) is 11.6. The molecule has 0 saturated carbocycles. The number of aliphatic hydroxyl groups excluding tert-OH is 1. The molecule has 0 bridgehead atoms. The molecule has 1 aromatic heterocycles. The van der Waals surface area contributed by atoms with Gasteiger partial charge in [-0.2, -0.15) is 0 Å². The van der Waals surface area contributed by atoms with Crippen LogP contribution in [0, 0.1) is 10.7 Å². The fourth-order valence-electron chi connectivity index (χ4n) is 2.43. The van der Waals surface area contributed by atoms with Crippen molar-refractivity contribution in [1.29, 1.82) is 0 Å². The molecule has 1 aliphatic carbocycles. The summed E-state index contributed by atoms with van der Waals surface area (Å²) in [6.07, 6.45) is 7.41. The zero-order valence-electron chi connectivity index (χ0n) is 9.49. The number of aliphatic hydroxyl groups is 1. The molecule has 0 saturated heterocycles. The van der Waals surface area contributed by atoms with Crippen molar-refractivity contribution >= 4 is 12.2 Å². The second-order valence-corrected chi connectivity index (χ2v) is 4.96. The van der Waals surface area contributed by atoms with E-state index in [0.29, 0.717) is 16.6 Å². The van der Waals surface area contributed by atoms with Gasteiger partial charge in [-0.3, -0.25) is 0 Å². The smallest absolute Gasteiger partial charge is 0.174 e. The van der Waals surface area contributed by atoms with Gasteiger partial charge in [-0.15, -0.1) is 0 Å². The number of allylic oxidation sites excluding steroid dienone is 1. The molecule has 2 rings (SSSR count). The van der Waals surface area contributed by atoms with E-state index in [-0.39, 0.29) is 6.61 Å². The first-order valence-electron chi connectivity index (χ1n) is 5.77. The highest BCUT2D eigenvalue weighted by Gasteiger charge is 2.23. The Morgan fingerprint density at radius 2 is 2.44 bits per heavy atom. The van der Waals surface area contributed by atoms with Crippen LogP contribution >= 0.6 is 12.2 Å². The number of imidazole rings is 1. The van der Waals surface area contributed by atoms with E-state index in [1.165, 1.54) is 17.7 Å². The minimum Gasteiger partial charge on any atom is -0.392 e. The van der Waals surface area contributed by atoms with Gasteiger partial charge in [0.2, 0.25) is 0 Å². The van der Waals surface area contributed by atoms with Crippen LogP contribution in [0.15, 0.2) is 17.8 Å². The van der Waals surface area contributed by atoms with Crippen molar-refractivity contribution in [3.05, 3.63) is 28.3 Å². The monoisotopic (exact) mass is 238 g/mol. The molecule has 1 aliphatic rings. The molecule has 0 aliphatic heterocycles. The summed E-state index contributed by atoms with van der Waals surface area (Å²) in [5.41, 5.74) is 2.35. The molecule has 0 radical (unpaired) electrons. The highest BCUT2D eigenvalue weighted by atomic mass is 32.1. The van der Waals surface area contributed by atoms with Gasteiger partial charge in [0.1, 0.15) is 0 Å². The predicted molar refractivity (Wildman–Crippen MR) is 66.9 cm³/mol. The van der Waals surface area contributed by atoms with Crippen LogP contribution in [0.2, 0.25) is 0 Å². The lowest BCUT2D eigenvalue weighted by molar-refractivity contribution is 0.302. The first-order chi connectivity index (χ1) is 7.70. The molecule has 0 spiro atoms. The van der Waals surface area contributed by atoms with Crippen LogP contribution < -0.4 is 0 Å². The van der Waals surface area contributed by atoms with Gasteiger partial charge in [-0.1, -0.05) is 13.0 Å². The number of hydrogen-bond donors (Lipinski definition) is 3. The quantitative estimate of drug-likeness (QED) is 0.560. The van der Waals surface area contributed by atoms with Crippen LogP contribution in [-0.4, -0.2) is 21.7 Å². The van der Waals surface area contributed by atoms with Crippen LogP contribution in [0.25, 0.3) is 0 Å². The van der Waals surface area contributed by atoms with E-state index < -0.39 is 0 Å². The Morgan fingerprint density at radius 3 is 3.06 bits per heavy atom. The molecule has 16 heavy (non-hydrogen) atoms. The molecule has 88 valence electrons. The van der Waals surface area contributed by atoms with Crippen molar-refractivity contribution in [2.75, 3.05) is 6.61 Å². The number of H-pyrrole nitrogens is 2. The first-order valence-corrected chi connectivity index (χ1v) is 6.18. The predicted octanol–water partition coefficient (Wildman–Crippen LogP) is 2.89. The van der Waals surface area contributed by atoms with Gasteiger partial charge in [-0.05, 0) is 43.0 Å². The van der Waals surface area contributed by atoms with Crippen molar-refractivity contribution in [3.63, 3.8) is 0 Å². The van der Waals surface area contributed by atoms with Gasteiger partial charge in [0.15, 0.2) is 4.77 Å². The van der Waals surface area contributed by atoms with Gasteiger partial charge in [0.05, 0.1) is 6.61 Å². The molecule has 2 unspecified atom stereocenters. The largest absolute Gasteiger partial charge is 0.392 e. The Bertz CT molecular complexity index is 432. The number of aromatic amines is 2. The van der Waals surface area contributed by atoms with Crippen molar-refractivity contribution in [2.24, 2.45) is 5.92 Å². The molecule has 0 fully saturated rings. The number of hydrogen-bond acceptors (Lipinski definition) is 2. The summed E-state index contributed by atoms with van der Waals surface area (Å²) < 4.78 is 0.690. The van der Waals surface area contributed by atoms with E-state index in [2.05, 4.69) is 23.0 Å². The van der Waals surface area contributed by atoms with Gasteiger partial charge < -0.3 is 15.1 Å². The van der Waals surface area contributed by atoms with E-state index >= 15 is 0 Å². The lowest BCUT2D eigenvalue weighted by Crippen LogP contribution is -2.15. The Kier molecular flexibility index (Phi) is 3.61. The van der Waals surface area contributed by atoms with Gasteiger partial charge in [0.25, 0.3) is 0 Å². The molecule has 1 aromatic rings. The van der Waals surface area contributed by atoms with E-state index in [0.717, 1.165) is 12.8 Å². The average molecular weight is 238 g/mol. The van der Waals surface area contributed by atoms with Crippen molar-refractivity contribution in [1.82, 2.24) is 9.97 Å². The average Bonchev–Trinajstić information content (AvgIpc) is 2.75. The number of nitrogens with one attached hydrogen (secondary N) is 2. The van der Waals surface area contributed by atoms with Gasteiger partial charge in [-0.25, -0.2) is 0 Å². The minimum atomic E-state index is 0.201. The summed E-state index contributed by atoms with van der Waals surface area (Å²) in [4.78, 5) is 6.19. The van der Waals surface area contributed by atoms with Gasteiger partial charge in [0, 0.05) is 17.8 Å². The molecular formula is C12H18N2OS. The van der Waals surface area contributed by atoms with Gasteiger partial charge >= 0.3 is 0 Å². The van der Waals surface area contributed by atoms with E-state index in [9.17, 15) is 0 Å². The fourth-order valence-corrected chi connectivity index (χ4v) is 2.60. The molecule has 3 nitrogen and oxygen atoms in total. The molecule has 0 aromatic carbocycles. The number of rotatable bonds is 3. The molecule has 1 heterocycles. The second-order valence-electron chi connectivity index (χ2n) is 4.55. The molecule has 3 N–H and O–H groups in total. The van der Waals surface area contributed by atoms with E-state index in [1.807, 2.05) is 6.20 Å². The number of aromatic nitrogens is 2. The third kappa shape index (κ3) is 2.44. The summed E-state index contributed by atoms with van der Waals surface area (Å²) >= 11 is 5.04. The second kappa shape index (κ2) is 4.97. The van der Waals surface area contributed by atoms with Crippen LogP contribution in [0.3, 0.4) is 0 Å². The molecule has 0 amide bonds. The standard InChI is InChI=1S/C12H18N2OS/c1-8(11-6-13-12(16)14-11)10-4-2-3-9(5-10)7-15/h3,6,8,10,15H,2,4-5,7H2,1H3,(H2,13,14,16). The van der Waals surface area contributed by atoms with E-state index in [1.54, 1.807) is 0 Å². The van der Waals surface area contributed by atoms with Crippen LogP contribution in [0.4, 0.5) is 0 Å². The maximum atomic E-state index is 9.17. The molecule has 2 atom stereocenters. The van der Waals surface area contributed by atoms with Crippen molar-refractivity contribution in [3.8, 4) is 0 Å². The zero-order valence-corrected chi connectivity index (χ0v) is 10.3. The van der Waals surface area contributed by atoms with Crippen molar-refractivity contribution < 1.29 is 5.11 Å². The maximum absolute atomic E-state index is 9.17. The summed E-state index contributed by atoms with van der Waals surface area (Å²) in [5, 5.41) is 9.17.